The predicted octanol–water partition coefficient (Wildman–Crippen LogP) is 4.01. The Labute approximate surface area is 182 Å². The summed E-state index contributed by atoms with van der Waals surface area (Å²) in [4.78, 5) is 15.4. The lowest BCUT2D eigenvalue weighted by molar-refractivity contribution is 0.00627. The van der Waals surface area contributed by atoms with Gasteiger partial charge < -0.3 is 9.72 Å². The summed E-state index contributed by atoms with van der Waals surface area (Å²) in [5.74, 6) is 0.235. The lowest BCUT2D eigenvalue weighted by Crippen LogP contribution is -2.24. The molecule has 0 amide bonds. The van der Waals surface area contributed by atoms with Crippen LogP contribution < -0.4 is 0 Å². The second-order valence-electron chi connectivity index (χ2n) is 8.55. The molecule has 29 heavy (non-hydrogen) atoms. The fourth-order valence-corrected chi connectivity index (χ4v) is 4.31. The van der Waals surface area contributed by atoms with Crippen LogP contribution in [0.3, 0.4) is 0 Å². The summed E-state index contributed by atoms with van der Waals surface area (Å²) in [5.41, 5.74) is 3.01. The zero-order chi connectivity index (χ0) is 20.6. The maximum Gasteiger partial charge on any atom is 0.361 e. The van der Waals surface area contributed by atoms with Crippen LogP contribution in [0.1, 0.15) is 74.1 Å². The fourth-order valence-electron chi connectivity index (χ4n) is 3.32. The van der Waals surface area contributed by atoms with Crippen LogP contribution in [0.5, 0.6) is 0 Å². The highest BCUT2D eigenvalue weighted by Crippen LogP contribution is 2.45. The molecule has 0 spiro atoms. The maximum atomic E-state index is 12.0. The maximum absolute atomic E-state index is 12.0. The Balaban J connectivity index is 1.31. The van der Waals surface area contributed by atoms with Crippen LogP contribution in [0.15, 0.2) is 12.3 Å². The zero-order valence-electron chi connectivity index (χ0n) is 16.9. The van der Waals surface area contributed by atoms with Crippen LogP contribution in [0.4, 0.5) is 0 Å². The van der Waals surface area contributed by atoms with Gasteiger partial charge in [0, 0.05) is 11.9 Å². The Morgan fingerprint density at radius 3 is 2.79 bits per heavy atom. The van der Waals surface area contributed by atoms with E-state index in [1.807, 2.05) is 20.8 Å². The van der Waals surface area contributed by atoms with Gasteiger partial charge in [-0.15, -0.1) is 10.2 Å². The molecule has 154 valence electrons. The number of aromatic nitrogens is 6. The second-order valence-corrected chi connectivity index (χ2v) is 9.63. The molecule has 3 aromatic rings. The van der Waals surface area contributed by atoms with Crippen molar-refractivity contribution >= 4 is 39.6 Å². The molecule has 1 N–H and O–H groups in total. The SMILES string of the molecule is CC(C)(C)OC(=O)c1cn(CCCCc2cc3c(C4CC4)c(I)[nH]c3nn2)nn1. The number of fused-ring (bicyclic) bond motifs is 1. The molecule has 1 aliphatic carbocycles. The first-order chi connectivity index (χ1) is 13.8. The summed E-state index contributed by atoms with van der Waals surface area (Å²) in [6.07, 6.45) is 6.92. The van der Waals surface area contributed by atoms with Crippen LogP contribution in [-0.4, -0.2) is 41.7 Å². The van der Waals surface area contributed by atoms with Gasteiger partial charge in [0.25, 0.3) is 0 Å². The van der Waals surface area contributed by atoms with Gasteiger partial charge in [-0.05, 0) is 93.0 Å². The molecule has 0 aliphatic heterocycles. The molecule has 3 aromatic heterocycles. The number of unbranched alkanes of at least 4 members (excludes halogenated alkanes) is 1. The molecule has 0 saturated heterocycles. The number of esters is 1. The molecule has 0 unspecified atom stereocenters. The van der Waals surface area contributed by atoms with Gasteiger partial charge >= 0.3 is 5.97 Å². The number of carbonyl (C=O) groups excluding carboxylic acids is 1. The average molecular weight is 508 g/mol. The number of hydrogen-bond acceptors (Lipinski definition) is 6. The van der Waals surface area contributed by atoms with Crippen LogP contribution in [-0.2, 0) is 17.7 Å². The van der Waals surface area contributed by atoms with Crippen molar-refractivity contribution < 1.29 is 9.53 Å². The normalized spacial score (nSPS) is 14.5. The minimum absolute atomic E-state index is 0.242. The number of aryl methyl sites for hydroxylation is 2. The highest BCUT2D eigenvalue weighted by molar-refractivity contribution is 14.1. The number of halogens is 1. The van der Waals surface area contributed by atoms with E-state index in [0.29, 0.717) is 12.5 Å². The van der Waals surface area contributed by atoms with Gasteiger partial charge in [0.2, 0.25) is 0 Å². The van der Waals surface area contributed by atoms with E-state index < -0.39 is 11.6 Å². The van der Waals surface area contributed by atoms with Crippen molar-refractivity contribution in [3.05, 3.63) is 32.9 Å². The number of aromatic amines is 1. The first kappa shape index (κ1) is 20.2. The summed E-state index contributed by atoms with van der Waals surface area (Å²) in [6, 6.07) is 2.19. The first-order valence-electron chi connectivity index (χ1n) is 9.97. The highest BCUT2D eigenvalue weighted by atomic mass is 127. The number of carbonyl (C=O) groups is 1. The topological polar surface area (TPSA) is 98.6 Å². The van der Waals surface area contributed by atoms with Gasteiger partial charge in [-0.2, -0.15) is 5.10 Å². The van der Waals surface area contributed by atoms with E-state index in [-0.39, 0.29) is 5.69 Å². The lowest BCUT2D eigenvalue weighted by atomic mass is 10.1. The Bertz CT molecular complexity index is 1030. The van der Waals surface area contributed by atoms with Gasteiger partial charge in [-0.25, -0.2) is 4.79 Å². The molecular weight excluding hydrogens is 483 g/mol. The molecule has 9 heteroatoms. The molecular formula is C20H25IN6O2. The number of nitrogens with zero attached hydrogens (tertiary/aromatic N) is 5. The number of ether oxygens (including phenoxy) is 1. The fraction of sp³-hybridized carbons (Fsp3) is 0.550. The largest absolute Gasteiger partial charge is 0.455 e. The van der Waals surface area contributed by atoms with E-state index >= 15 is 0 Å². The van der Waals surface area contributed by atoms with Gasteiger partial charge in [0.1, 0.15) is 5.60 Å². The number of hydrogen-bond donors (Lipinski definition) is 1. The molecule has 0 aromatic carbocycles. The third kappa shape index (κ3) is 4.93. The van der Waals surface area contributed by atoms with Crippen LogP contribution >= 0.6 is 22.6 Å². The Morgan fingerprint density at radius 1 is 1.28 bits per heavy atom. The van der Waals surface area contributed by atoms with E-state index in [0.717, 1.165) is 30.6 Å². The van der Waals surface area contributed by atoms with Gasteiger partial charge in [-0.3, -0.25) is 4.68 Å². The zero-order valence-corrected chi connectivity index (χ0v) is 19.1. The molecule has 3 heterocycles. The van der Waals surface area contributed by atoms with Crippen molar-refractivity contribution in [3.63, 3.8) is 0 Å². The predicted molar refractivity (Wildman–Crippen MR) is 117 cm³/mol. The lowest BCUT2D eigenvalue weighted by Gasteiger charge is -2.18. The van der Waals surface area contributed by atoms with E-state index in [1.54, 1.807) is 10.9 Å². The molecule has 1 fully saturated rings. The van der Waals surface area contributed by atoms with Crippen molar-refractivity contribution in [3.8, 4) is 0 Å². The van der Waals surface area contributed by atoms with Gasteiger partial charge in [0.15, 0.2) is 11.3 Å². The molecule has 0 atom stereocenters. The number of H-pyrrole nitrogens is 1. The monoisotopic (exact) mass is 508 g/mol. The standard InChI is InChI=1S/C20H25IN6O2/c1-20(2,3)29-19(28)15-11-27(26-24-15)9-5-4-6-13-10-14-16(12-7-8-12)17(21)22-18(14)25-23-13/h10-12H,4-9H2,1-3H3,(H,22,25). The highest BCUT2D eigenvalue weighted by Gasteiger charge is 2.29. The molecule has 8 nitrogen and oxygen atoms in total. The van der Waals surface area contributed by atoms with Gasteiger partial charge in [-0.1, -0.05) is 5.21 Å². The van der Waals surface area contributed by atoms with Crippen molar-refractivity contribution in [2.45, 2.75) is 70.9 Å². The smallest absolute Gasteiger partial charge is 0.361 e. The van der Waals surface area contributed by atoms with Gasteiger partial charge in [0.05, 0.1) is 15.6 Å². The minimum atomic E-state index is -0.542. The van der Waals surface area contributed by atoms with E-state index in [9.17, 15) is 4.79 Å². The first-order valence-corrected chi connectivity index (χ1v) is 11.1. The third-order valence-electron chi connectivity index (χ3n) is 4.80. The molecule has 4 rings (SSSR count). The van der Waals surface area contributed by atoms with Crippen molar-refractivity contribution in [1.82, 2.24) is 30.2 Å². The molecule has 1 aliphatic rings. The minimum Gasteiger partial charge on any atom is -0.455 e. The van der Waals surface area contributed by atoms with E-state index in [4.69, 9.17) is 4.74 Å². The number of rotatable bonds is 7. The summed E-state index contributed by atoms with van der Waals surface area (Å²) < 4.78 is 8.20. The molecule has 1 saturated carbocycles. The summed E-state index contributed by atoms with van der Waals surface area (Å²) >= 11 is 2.36. The van der Waals surface area contributed by atoms with Crippen molar-refractivity contribution in [2.75, 3.05) is 0 Å². The quantitative estimate of drug-likeness (QED) is 0.294. The third-order valence-corrected chi connectivity index (χ3v) is 5.65. The van der Waals surface area contributed by atoms with Crippen LogP contribution in [0, 0.1) is 3.70 Å². The van der Waals surface area contributed by atoms with Crippen LogP contribution in [0.2, 0.25) is 0 Å². The summed E-state index contributed by atoms with van der Waals surface area (Å²) in [5, 5.41) is 17.9. The van der Waals surface area contributed by atoms with Crippen molar-refractivity contribution in [1.29, 1.82) is 0 Å². The average Bonchev–Trinajstić information content (AvgIpc) is 3.25. The Kier molecular flexibility index (Phi) is 5.58. The summed E-state index contributed by atoms with van der Waals surface area (Å²) in [7, 11) is 0. The van der Waals surface area contributed by atoms with E-state index in [1.165, 1.54) is 27.5 Å². The van der Waals surface area contributed by atoms with E-state index in [2.05, 4.69) is 54.2 Å². The second kappa shape index (κ2) is 8.00. The summed E-state index contributed by atoms with van der Waals surface area (Å²) in [6.45, 7) is 6.19. The number of nitrogens with one attached hydrogen (secondary N) is 1. The molecule has 0 bridgehead atoms. The Morgan fingerprint density at radius 2 is 2.07 bits per heavy atom. The Hall–Kier alpha value is -2.04. The molecule has 0 radical (unpaired) electrons. The van der Waals surface area contributed by atoms with Crippen LogP contribution in [0.25, 0.3) is 11.0 Å². The van der Waals surface area contributed by atoms with Crippen molar-refractivity contribution in [2.24, 2.45) is 0 Å².